The van der Waals surface area contributed by atoms with Gasteiger partial charge in [0.15, 0.2) is 5.78 Å². The van der Waals surface area contributed by atoms with Gasteiger partial charge in [-0.05, 0) is 86.2 Å². The molecule has 1 aromatic heterocycles. The average Bonchev–Trinajstić information content (AvgIpc) is 3.36. The molecule has 0 unspecified atom stereocenters. The Labute approximate surface area is 206 Å². The van der Waals surface area contributed by atoms with E-state index in [0.717, 1.165) is 31.2 Å². The van der Waals surface area contributed by atoms with Gasteiger partial charge in [-0.2, -0.15) is 0 Å². The van der Waals surface area contributed by atoms with E-state index in [1.54, 1.807) is 55.5 Å². The Hall–Kier alpha value is -4.33. The number of phenols is 1. The van der Waals surface area contributed by atoms with E-state index in [1.807, 2.05) is 0 Å². The van der Waals surface area contributed by atoms with Gasteiger partial charge in [0.25, 0.3) is 5.56 Å². The van der Waals surface area contributed by atoms with Crippen molar-refractivity contribution in [2.24, 2.45) is 0 Å². The van der Waals surface area contributed by atoms with Gasteiger partial charge in [0.1, 0.15) is 23.9 Å². The second kappa shape index (κ2) is 9.73. The Kier molecular flexibility index (Phi) is 6.33. The SMILES string of the molecule is Cc1cc(OCc2ccc3[nH]c(=O)[nH]c(=O)c3c2)ccc1C(=O)c1ccc(OC2CCCC2)cc1O. The van der Waals surface area contributed by atoms with E-state index in [4.69, 9.17) is 9.47 Å². The summed E-state index contributed by atoms with van der Waals surface area (Å²) in [5.74, 6) is 0.733. The molecule has 1 heterocycles. The molecule has 8 heteroatoms. The van der Waals surface area contributed by atoms with Crippen molar-refractivity contribution in [3.8, 4) is 17.2 Å². The summed E-state index contributed by atoms with van der Waals surface area (Å²) in [6.07, 6.45) is 4.48. The number of aromatic amines is 2. The van der Waals surface area contributed by atoms with Crippen LogP contribution in [0.4, 0.5) is 0 Å². The second-order valence-electron chi connectivity index (χ2n) is 9.09. The van der Waals surface area contributed by atoms with Crippen LogP contribution in [-0.4, -0.2) is 27.0 Å². The van der Waals surface area contributed by atoms with Crippen LogP contribution in [0.1, 0.15) is 52.7 Å². The fraction of sp³-hybridized carbons (Fsp3) is 0.250. The number of carbonyl (C=O) groups excluding carboxylic acids is 1. The lowest BCUT2D eigenvalue weighted by Crippen LogP contribution is -2.21. The van der Waals surface area contributed by atoms with Crippen molar-refractivity contribution < 1.29 is 19.4 Å². The number of aromatic nitrogens is 2. The Bertz CT molecular complexity index is 1560. The van der Waals surface area contributed by atoms with Crippen LogP contribution < -0.4 is 20.7 Å². The van der Waals surface area contributed by atoms with Crippen molar-refractivity contribution in [1.82, 2.24) is 9.97 Å². The first-order valence-corrected chi connectivity index (χ1v) is 11.9. The van der Waals surface area contributed by atoms with Gasteiger partial charge < -0.3 is 19.6 Å². The molecule has 0 spiro atoms. The molecule has 8 nitrogen and oxygen atoms in total. The first-order chi connectivity index (χ1) is 17.4. The zero-order valence-electron chi connectivity index (χ0n) is 19.8. The van der Waals surface area contributed by atoms with E-state index in [0.29, 0.717) is 33.5 Å². The predicted octanol–water partition coefficient (Wildman–Crippen LogP) is 4.36. The number of fused-ring (bicyclic) bond motifs is 1. The van der Waals surface area contributed by atoms with Gasteiger partial charge in [-0.25, -0.2) is 4.79 Å². The third kappa shape index (κ3) is 4.88. The van der Waals surface area contributed by atoms with Crippen LogP contribution in [0.3, 0.4) is 0 Å². The molecule has 36 heavy (non-hydrogen) atoms. The van der Waals surface area contributed by atoms with Gasteiger partial charge in [-0.3, -0.25) is 14.6 Å². The molecule has 0 aliphatic heterocycles. The van der Waals surface area contributed by atoms with E-state index in [-0.39, 0.29) is 29.8 Å². The zero-order valence-corrected chi connectivity index (χ0v) is 19.8. The van der Waals surface area contributed by atoms with Gasteiger partial charge >= 0.3 is 5.69 Å². The zero-order chi connectivity index (χ0) is 25.2. The Balaban J connectivity index is 1.29. The number of H-pyrrole nitrogens is 2. The Morgan fingerprint density at radius 2 is 1.69 bits per heavy atom. The molecular weight excluding hydrogens is 460 g/mol. The highest BCUT2D eigenvalue weighted by molar-refractivity contribution is 6.11. The fourth-order valence-corrected chi connectivity index (χ4v) is 4.57. The largest absolute Gasteiger partial charge is 0.507 e. The van der Waals surface area contributed by atoms with Crippen LogP contribution in [0.2, 0.25) is 0 Å². The molecule has 0 saturated heterocycles. The molecule has 0 amide bonds. The maximum Gasteiger partial charge on any atom is 0.326 e. The number of carbonyl (C=O) groups is 1. The van der Waals surface area contributed by atoms with E-state index in [9.17, 15) is 19.5 Å². The topological polar surface area (TPSA) is 121 Å². The van der Waals surface area contributed by atoms with E-state index in [1.165, 1.54) is 6.07 Å². The summed E-state index contributed by atoms with van der Waals surface area (Å²) in [4.78, 5) is 41.4. The molecule has 3 N–H and O–H groups in total. The summed E-state index contributed by atoms with van der Waals surface area (Å²) in [6.45, 7) is 2.01. The third-order valence-corrected chi connectivity index (χ3v) is 6.47. The number of ketones is 1. The van der Waals surface area contributed by atoms with Crippen molar-refractivity contribution in [3.05, 3.63) is 97.7 Å². The maximum absolute atomic E-state index is 13.1. The minimum atomic E-state index is -0.553. The van der Waals surface area contributed by atoms with Gasteiger partial charge in [-0.15, -0.1) is 0 Å². The van der Waals surface area contributed by atoms with Crippen LogP contribution in [0.15, 0.2) is 64.2 Å². The van der Waals surface area contributed by atoms with Crippen molar-refractivity contribution in [1.29, 1.82) is 0 Å². The van der Waals surface area contributed by atoms with Crippen molar-refractivity contribution in [2.75, 3.05) is 0 Å². The van der Waals surface area contributed by atoms with Gasteiger partial charge in [0.2, 0.25) is 0 Å². The molecule has 184 valence electrons. The second-order valence-corrected chi connectivity index (χ2v) is 9.09. The standard InChI is InChI=1S/C28H26N2O6/c1-16-12-19(35-15-17-6-11-24-23(13-17)27(33)30-28(34)29-24)7-9-21(16)26(32)22-10-8-20(14-25(22)31)36-18-4-2-3-5-18/h6-14,18,31H,2-5,15H2,1H3,(H2,29,30,33,34). The highest BCUT2D eigenvalue weighted by Crippen LogP contribution is 2.30. The van der Waals surface area contributed by atoms with Crippen LogP contribution in [0, 0.1) is 6.92 Å². The monoisotopic (exact) mass is 486 g/mol. The van der Waals surface area contributed by atoms with Crippen molar-refractivity contribution in [3.63, 3.8) is 0 Å². The minimum Gasteiger partial charge on any atom is -0.507 e. The smallest absolute Gasteiger partial charge is 0.326 e. The van der Waals surface area contributed by atoms with Crippen LogP contribution in [-0.2, 0) is 6.61 Å². The van der Waals surface area contributed by atoms with Crippen molar-refractivity contribution in [2.45, 2.75) is 45.3 Å². The molecule has 0 radical (unpaired) electrons. The molecule has 1 aliphatic rings. The number of ether oxygens (including phenoxy) is 2. The van der Waals surface area contributed by atoms with E-state index in [2.05, 4.69) is 9.97 Å². The molecule has 1 aliphatic carbocycles. The van der Waals surface area contributed by atoms with Crippen molar-refractivity contribution >= 4 is 16.7 Å². The third-order valence-electron chi connectivity index (χ3n) is 6.47. The maximum atomic E-state index is 13.1. The molecular formula is C28H26N2O6. The number of rotatable bonds is 7. The van der Waals surface area contributed by atoms with Gasteiger partial charge in [-0.1, -0.05) is 6.07 Å². The molecule has 1 fully saturated rings. The lowest BCUT2D eigenvalue weighted by atomic mass is 9.98. The molecule has 5 rings (SSSR count). The Morgan fingerprint density at radius 1 is 0.944 bits per heavy atom. The lowest BCUT2D eigenvalue weighted by molar-refractivity contribution is 0.103. The number of hydrogen-bond acceptors (Lipinski definition) is 6. The first kappa shape index (κ1) is 23.4. The van der Waals surface area contributed by atoms with Crippen LogP contribution in [0.25, 0.3) is 10.9 Å². The molecule has 0 bridgehead atoms. The first-order valence-electron chi connectivity index (χ1n) is 11.9. The quantitative estimate of drug-likeness (QED) is 0.334. The summed E-state index contributed by atoms with van der Waals surface area (Å²) in [5, 5.41) is 10.9. The van der Waals surface area contributed by atoms with Crippen LogP contribution in [0.5, 0.6) is 17.2 Å². The fourth-order valence-electron chi connectivity index (χ4n) is 4.57. The van der Waals surface area contributed by atoms with Gasteiger partial charge in [0.05, 0.1) is 22.6 Å². The van der Waals surface area contributed by atoms with Gasteiger partial charge in [0, 0.05) is 11.6 Å². The highest BCUT2D eigenvalue weighted by Gasteiger charge is 2.20. The minimum absolute atomic E-state index is 0.108. The molecule has 1 saturated carbocycles. The molecule has 0 atom stereocenters. The number of hydrogen-bond donors (Lipinski definition) is 3. The average molecular weight is 487 g/mol. The number of aryl methyl sites for hydroxylation is 1. The molecule has 4 aromatic rings. The number of nitrogens with one attached hydrogen (secondary N) is 2. The summed E-state index contributed by atoms with van der Waals surface area (Å²) >= 11 is 0. The number of benzene rings is 3. The normalized spacial score (nSPS) is 13.7. The lowest BCUT2D eigenvalue weighted by Gasteiger charge is -2.14. The predicted molar refractivity (Wildman–Crippen MR) is 135 cm³/mol. The summed E-state index contributed by atoms with van der Waals surface area (Å²) in [7, 11) is 0. The van der Waals surface area contributed by atoms with E-state index < -0.39 is 11.2 Å². The summed E-state index contributed by atoms with van der Waals surface area (Å²) in [6, 6.07) is 15.0. The Morgan fingerprint density at radius 3 is 2.44 bits per heavy atom. The van der Waals surface area contributed by atoms with Crippen LogP contribution >= 0.6 is 0 Å². The van der Waals surface area contributed by atoms with E-state index >= 15 is 0 Å². The molecule has 3 aromatic carbocycles. The summed E-state index contributed by atoms with van der Waals surface area (Å²) in [5.41, 5.74) is 1.57. The summed E-state index contributed by atoms with van der Waals surface area (Å²) < 4.78 is 11.8. The number of aromatic hydroxyl groups is 1. The highest BCUT2D eigenvalue weighted by atomic mass is 16.5. The number of phenolic OH excluding ortho intramolecular Hbond substituents is 1.